The summed E-state index contributed by atoms with van der Waals surface area (Å²) in [6, 6.07) is 8.22. The topological polar surface area (TPSA) is 75.6 Å². The van der Waals surface area contributed by atoms with Gasteiger partial charge in [-0.25, -0.2) is 9.97 Å². The minimum atomic E-state index is -0.158. The Morgan fingerprint density at radius 2 is 2.00 bits per heavy atom. The van der Waals surface area contributed by atoms with Crippen LogP contribution in [0.25, 0.3) is 11.2 Å². The van der Waals surface area contributed by atoms with Gasteiger partial charge >= 0.3 is 0 Å². The molecule has 2 N–H and O–H groups in total. The SMILES string of the molecule is CNCc1nc2ncn(Cc3ccc(C)cc3)c2c(=O)[nH]1.Cl. The van der Waals surface area contributed by atoms with Gasteiger partial charge in [0.15, 0.2) is 11.2 Å². The molecule has 0 aliphatic rings. The van der Waals surface area contributed by atoms with Gasteiger partial charge in [0.05, 0.1) is 12.9 Å². The van der Waals surface area contributed by atoms with E-state index in [1.807, 2.05) is 11.5 Å². The van der Waals surface area contributed by atoms with Crippen molar-refractivity contribution in [3.05, 3.63) is 57.9 Å². The van der Waals surface area contributed by atoms with Crippen molar-refractivity contribution in [2.75, 3.05) is 7.05 Å². The summed E-state index contributed by atoms with van der Waals surface area (Å²) in [7, 11) is 1.81. The summed E-state index contributed by atoms with van der Waals surface area (Å²) in [6.07, 6.45) is 1.66. The molecule has 1 aromatic carbocycles. The molecule has 0 atom stereocenters. The maximum atomic E-state index is 12.2. The van der Waals surface area contributed by atoms with Crippen LogP contribution in [-0.2, 0) is 13.1 Å². The molecule has 22 heavy (non-hydrogen) atoms. The maximum Gasteiger partial charge on any atom is 0.277 e. The van der Waals surface area contributed by atoms with Crippen molar-refractivity contribution in [3.8, 4) is 0 Å². The van der Waals surface area contributed by atoms with Crippen LogP contribution in [0.4, 0.5) is 0 Å². The van der Waals surface area contributed by atoms with Crippen molar-refractivity contribution >= 4 is 23.6 Å². The predicted octanol–water partition coefficient (Wildman–Crippen LogP) is 1.62. The van der Waals surface area contributed by atoms with E-state index in [1.165, 1.54) is 5.56 Å². The first-order chi connectivity index (χ1) is 10.2. The Morgan fingerprint density at radius 3 is 2.68 bits per heavy atom. The fourth-order valence-corrected chi connectivity index (χ4v) is 2.29. The molecule has 0 fully saturated rings. The molecule has 3 rings (SSSR count). The molecule has 0 aliphatic heterocycles. The number of rotatable bonds is 4. The number of nitrogens with zero attached hydrogens (tertiary/aromatic N) is 3. The number of halogens is 1. The second-order valence-corrected chi connectivity index (χ2v) is 5.07. The minimum Gasteiger partial charge on any atom is -0.320 e. The van der Waals surface area contributed by atoms with E-state index in [0.717, 1.165) is 5.56 Å². The average Bonchev–Trinajstić information content (AvgIpc) is 2.85. The molecule has 3 aromatic rings. The number of fused-ring (bicyclic) bond motifs is 1. The van der Waals surface area contributed by atoms with Gasteiger partial charge in [-0.15, -0.1) is 12.4 Å². The van der Waals surface area contributed by atoms with Gasteiger partial charge in [0.1, 0.15) is 5.82 Å². The number of aromatic amines is 1. The second-order valence-electron chi connectivity index (χ2n) is 5.07. The number of hydrogen-bond donors (Lipinski definition) is 2. The Labute approximate surface area is 134 Å². The van der Waals surface area contributed by atoms with Gasteiger partial charge < -0.3 is 14.9 Å². The van der Waals surface area contributed by atoms with Crippen LogP contribution in [0.3, 0.4) is 0 Å². The molecule has 116 valence electrons. The van der Waals surface area contributed by atoms with Gasteiger partial charge in [0.2, 0.25) is 0 Å². The molecular formula is C15H18ClN5O. The number of nitrogens with one attached hydrogen (secondary N) is 2. The second kappa shape index (κ2) is 6.72. The van der Waals surface area contributed by atoms with Crippen LogP contribution in [0.5, 0.6) is 0 Å². The lowest BCUT2D eigenvalue weighted by atomic mass is 10.1. The highest BCUT2D eigenvalue weighted by Crippen LogP contribution is 2.10. The lowest BCUT2D eigenvalue weighted by Gasteiger charge is -2.05. The molecule has 2 aromatic heterocycles. The quantitative estimate of drug-likeness (QED) is 0.766. The van der Waals surface area contributed by atoms with Crippen molar-refractivity contribution in [3.63, 3.8) is 0 Å². The van der Waals surface area contributed by atoms with Crippen molar-refractivity contribution in [1.29, 1.82) is 0 Å². The molecule has 0 bridgehead atoms. The van der Waals surface area contributed by atoms with Crippen LogP contribution in [0.15, 0.2) is 35.4 Å². The standard InChI is InChI=1S/C15H17N5O.ClH/c1-10-3-5-11(6-4-10)8-20-9-17-14-13(20)15(21)19-12(18-14)7-16-2;/h3-6,9,16H,7-8H2,1-2H3,(H,18,19,21);1H. The lowest BCUT2D eigenvalue weighted by molar-refractivity contribution is 0.756. The van der Waals surface area contributed by atoms with Gasteiger partial charge in [0, 0.05) is 6.54 Å². The Kier molecular flexibility index (Phi) is 4.95. The van der Waals surface area contributed by atoms with Crippen LogP contribution in [0.2, 0.25) is 0 Å². The first kappa shape index (κ1) is 16.2. The Bertz CT molecular complexity index is 822. The van der Waals surface area contributed by atoms with Crippen LogP contribution in [-0.4, -0.2) is 26.6 Å². The van der Waals surface area contributed by atoms with E-state index in [1.54, 1.807) is 13.4 Å². The number of benzene rings is 1. The van der Waals surface area contributed by atoms with E-state index in [0.29, 0.717) is 30.1 Å². The zero-order valence-corrected chi connectivity index (χ0v) is 13.3. The Hall–Kier alpha value is -2.18. The predicted molar refractivity (Wildman–Crippen MR) is 88.4 cm³/mol. The average molecular weight is 320 g/mol. The third kappa shape index (κ3) is 3.18. The summed E-state index contributed by atoms with van der Waals surface area (Å²) in [5.41, 5.74) is 3.17. The van der Waals surface area contributed by atoms with E-state index in [4.69, 9.17) is 0 Å². The normalized spacial score (nSPS) is 10.6. The Balaban J connectivity index is 0.00000176. The fraction of sp³-hybridized carbons (Fsp3) is 0.267. The molecule has 6 nitrogen and oxygen atoms in total. The van der Waals surface area contributed by atoms with Crippen molar-refractivity contribution < 1.29 is 0 Å². The highest BCUT2D eigenvalue weighted by molar-refractivity contribution is 5.85. The van der Waals surface area contributed by atoms with Crippen LogP contribution < -0.4 is 10.9 Å². The number of aromatic nitrogens is 4. The number of H-pyrrole nitrogens is 1. The van der Waals surface area contributed by atoms with Gasteiger partial charge in [-0.05, 0) is 19.5 Å². The van der Waals surface area contributed by atoms with E-state index in [2.05, 4.69) is 44.5 Å². The third-order valence-electron chi connectivity index (χ3n) is 3.35. The van der Waals surface area contributed by atoms with E-state index in [-0.39, 0.29) is 18.0 Å². The molecule has 0 spiro atoms. The van der Waals surface area contributed by atoms with Gasteiger partial charge in [-0.3, -0.25) is 4.79 Å². The summed E-state index contributed by atoms with van der Waals surface area (Å²) in [4.78, 5) is 23.6. The first-order valence-corrected chi connectivity index (χ1v) is 6.81. The summed E-state index contributed by atoms with van der Waals surface area (Å²) < 4.78 is 1.83. The zero-order chi connectivity index (χ0) is 14.8. The third-order valence-corrected chi connectivity index (χ3v) is 3.35. The fourth-order valence-electron chi connectivity index (χ4n) is 2.29. The molecule has 0 saturated heterocycles. The van der Waals surface area contributed by atoms with Crippen molar-refractivity contribution in [2.45, 2.75) is 20.0 Å². The molecule has 0 unspecified atom stereocenters. The molecule has 0 radical (unpaired) electrons. The number of hydrogen-bond acceptors (Lipinski definition) is 4. The van der Waals surface area contributed by atoms with Crippen LogP contribution in [0.1, 0.15) is 17.0 Å². The van der Waals surface area contributed by atoms with Crippen molar-refractivity contribution in [1.82, 2.24) is 24.8 Å². The monoisotopic (exact) mass is 319 g/mol. The van der Waals surface area contributed by atoms with Crippen LogP contribution in [0, 0.1) is 6.92 Å². The molecule has 0 amide bonds. The van der Waals surface area contributed by atoms with Gasteiger partial charge in [-0.1, -0.05) is 29.8 Å². The molecule has 0 aliphatic carbocycles. The van der Waals surface area contributed by atoms with Gasteiger partial charge in [-0.2, -0.15) is 0 Å². The smallest absolute Gasteiger partial charge is 0.277 e. The molecule has 2 heterocycles. The number of imidazole rings is 1. The summed E-state index contributed by atoms with van der Waals surface area (Å²) in [5.74, 6) is 0.593. The summed E-state index contributed by atoms with van der Waals surface area (Å²) >= 11 is 0. The highest BCUT2D eigenvalue weighted by Gasteiger charge is 2.10. The molecule has 0 saturated carbocycles. The van der Waals surface area contributed by atoms with E-state index in [9.17, 15) is 4.79 Å². The summed E-state index contributed by atoms with van der Waals surface area (Å²) in [5, 5.41) is 2.96. The number of aryl methyl sites for hydroxylation is 1. The molecule has 7 heteroatoms. The summed E-state index contributed by atoms with van der Waals surface area (Å²) in [6.45, 7) is 3.16. The zero-order valence-electron chi connectivity index (χ0n) is 12.5. The van der Waals surface area contributed by atoms with E-state index >= 15 is 0 Å². The lowest BCUT2D eigenvalue weighted by Crippen LogP contribution is -2.18. The minimum absolute atomic E-state index is 0. The first-order valence-electron chi connectivity index (χ1n) is 6.81. The Morgan fingerprint density at radius 1 is 1.27 bits per heavy atom. The van der Waals surface area contributed by atoms with Crippen molar-refractivity contribution in [2.24, 2.45) is 0 Å². The van der Waals surface area contributed by atoms with E-state index < -0.39 is 0 Å². The van der Waals surface area contributed by atoms with Crippen LogP contribution >= 0.6 is 12.4 Å². The maximum absolute atomic E-state index is 12.2. The molecular weight excluding hydrogens is 302 g/mol. The highest BCUT2D eigenvalue weighted by atomic mass is 35.5. The van der Waals surface area contributed by atoms with Gasteiger partial charge in [0.25, 0.3) is 5.56 Å². The largest absolute Gasteiger partial charge is 0.320 e.